The highest BCUT2D eigenvalue weighted by molar-refractivity contribution is 7.15. The van der Waals surface area contributed by atoms with Gasteiger partial charge in [-0.05, 0) is 36.4 Å². The van der Waals surface area contributed by atoms with Crippen LogP contribution >= 0.6 is 11.3 Å². The highest BCUT2D eigenvalue weighted by Gasteiger charge is 2.15. The van der Waals surface area contributed by atoms with Crippen molar-refractivity contribution in [2.24, 2.45) is 0 Å². The van der Waals surface area contributed by atoms with Gasteiger partial charge in [-0.3, -0.25) is 4.79 Å². The molecule has 5 aromatic rings. The van der Waals surface area contributed by atoms with E-state index in [0.717, 1.165) is 10.7 Å². The molecule has 0 aliphatic carbocycles. The van der Waals surface area contributed by atoms with Crippen molar-refractivity contribution in [3.05, 3.63) is 101 Å². The highest BCUT2D eigenvalue weighted by Crippen LogP contribution is 2.25. The summed E-state index contributed by atoms with van der Waals surface area (Å²) in [6.07, 6.45) is 0.569. The van der Waals surface area contributed by atoms with Crippen LogP contribution in [0.5, 0.6) is 11.5 Å². The second kappa shape index (κ2) is 9.22. The predicted octanol–water partition coefficient (Wildman–Crippen LogP) is 5.36. The first-order valence-corrected chi connectivity index (χ1v) is 11.2. The Morgan fingerprint density at radius 2 is 1.85 bits per heavy atom. The maximum absolute atomic E-state index is 13.5. The first kappa shape index (κ1) is 20.8. The normalized spacial score (nSPS) is 10.9. The fourth-order valence-corrected chi connectivity index (χ4v) is 4.26. The molecule has 5 rings (SSSR count). The van der Waals surface area contributed by atoms with E-state index >= 15 is 0 Å². The number of fused-ring (bicyclic) bond motifs is 1. The number of carbonyl (C=O) groups is 1. The first-order valence-electron chi connectivity index (χ1n) is 10.4. The third kappa shape index (κ3) is 4.61. The number of halogens is 1. The van der Waals surface area contributed by atoms with E-state index < -0.39 is 0 Å². The van der Waals surface area contributed by atoms with Gasteiger partial charge in [0, 0.05) is 23.9 Å². The number of thiazole rings is 1. The monoisotopic (exact) mass is 458 g/mol. The Morgan fingerprint density at radius 1 is 1.03 bits per heavy atom. The van der Waals surface area contributed by atoms with Crippen molar-refractivity contribution in [1.29, 1.82) is 0 Å². The van der Waals surface area contributed by atoms with Gasteiger partial charge in [-0.15, -0.1) is 16.4 Å². The third-order valence-electron chi connectivity index (χ3n) is 5.00. The summed E-state index contributed by atoms with van der Waals surface area (Å²) >= 11 is 1.46. The van der Waals surface area contributed by atoms with E-state index in [0.29, 0.717) is 41.4 Å². The van der Waals surface area contributed by atoms with Crippen LogP contribution in [-0.4, -0.2) is 27.0 Å². The molecule has 1 amide bonds. The summed E-state index contributed by atoms with van der Waals surface area (Å²) in [6.45, 7) is 0.416. The van der Waals surface area contributed by atoms with Crippen molar-refractivity contribution in [3.8, 4) is 22.9 Å². The summed E-state index contributed by atoms with van der Waals surface area (Å²) in [4.78, 5) is 18.0. The van der Waals surface area contributed by atoms with E-state index in [1.807, 2.05) is 41.8 Å². The number of para-hydroxylation sites is 2. The van der Waals surface area contributed by atoms with Crippen molar-refractivity contribution < 1.29 is 13.9 Å². The second-order valence-corrected chi connectivity index (χ2v) is 8.12. The van der Waals surface area contributed by atoms with Gasteiger partial charge in [0.05, 0.1) is 11.3 Å². The molecule has 0 aliphatic heterocycles. The molecule has 0 saturated carbocycles. The molecule has 0 unspecified atom stereocenters. The Labute approximate surface area is 193 Å². The minimum absolute atomic E-state index is 0.216. The molecule has 2 aromatic heterocycles. The molecule has 0 aliphatic rings. The van der Waals surface area contributed by atoms with Crippen LogP contribution in [0.25, 0.3) is 16.3 Å². The van der Waals surface area contributed by atoms with Gasteiger partial charge in [-0.25, -0.2) is 8.91 Å². The summed E-state index contributed by atoms with van der Waals surface area (Å²) in [5.41, 5.74) is 2.01. The van der Waals surface area contributed by atoms with Gasteiger partial charge >= 0.3 is 0 Å². The highest BCUT2D eigenvalue weighted by atomic mass is 32.1. The smallest absolute Gasteiger partial charge is 0.255 e. The Balaban J connectivity index is 1.26. The van der Waals surface area contributed by atoms with Crippen LogP contribution in [0.2, 0.25) is 0 Å². The zero-order chi connectivity index (χ0) is 22.6. The zero-order valence-electron chi connectivity index (χ0n) is 17.4. The lowest BCUT2D eigenvalue weighted by Gasteiger charge is -2.11. The molecule has 2 heterocycles. The number of nitrogens with one attached hydrogen (secondary N) is 1. The molecule has 0 fully saturated rings. The molecule has 6 nitrogen and oxygen atoms in total. The number of carbonyl (C=O) groups excluding carboxylic acids is 1. The van der Waals surface area contributed by atoms with Crippen LogP contribution in [0.4, 0.5) is 4.39 Å². The molecule has 0 saturated heterocycles. The van der Waals surface area contributed by atoms with Crippen LogP contribution in [0, 0.1) is 5.82 Å². The summed E-state index contributed by atoms with van der Waals surface area (Å²) in [6, 6.07) is 22.7. The number of ether oxygens (including phenoxy) is 1. The number of hydrogen-bond donors (Lipinski definition) is 1. The molecular weight excluding hydrogens is 439 g/mol. The quantitative estimate of drug-likeness (QED) is 0.356. The number of amides is 1. The van der Waals surface area contributed by atoms with Crippen molar-refractivity contribution in [2.75, 3.05) is 6.54 Å². The fourth-order valence-electron chi connectivity index (χ4n) is 3.40. The molecule has 8 heteroatoms. The summed E-state index contributed by atoms with van der Waals surface area (Å²) < 4.78 is 21.2. The Hall–Kier alpha value is -4.04. The average molecular weight is 459 g/mol. The van der Waals surface area contributed by atoms with Crippen molar-refractivity contribution >= 4 is 22.2 Å². The molecule has 33 heavy (non-hydrogen) atoms. The van der Waals surface area contributed by atoms with Gasteiger partial charge in [-0.1, -0.05) is 42.5 Å². The average Bonchev–Trinajstić information content (AvgIpc) is 3.42. The number of hydrogen-bond acceptors (Lipinski definition) is 5. The van der Waals surface area contributed by atoms with Crippen LogP contribution < -0.4 is 10.1 Å². The Kier molecular flexibility index (Phi) is 5.82. The van der Waals surface area contributed by atoms with Crippen molar-refractivity contribution in [2.45, 2.75) is 6.42 Å². The topological polar surface area (TPSA) is 68.5 Å². The summed E-state index contributed by atoms with van der Waals surface area (Å²) in [7, 11) is 0. The number of nitrogens with zero attached hydrogens (tertiary/aromatic N) is 3. The molecule has 0 radical (unpaired) electrons. The van der Waals surface area contributed by atoms with Crippen molar-refractivity contribution in [1.82, 2.24) is 19.9 Å². The predicted molar refractivity (Wildman–Crippen MR) is 125 cm³/mol. The SMILES string of the molecule is O=C(NCCc1csc2nc(-c3cccc(F)c3)nn12)c1ccccc1Oc1ccccc1. The van der Waals surface area contributed by atoms with Crippen molar-refractivity contribution in [3.63, 3.8) is 0 Å². The van der Waals surface area contributed by atoms with E-state index in [1.165, 1.54) is 23.5 Å². The lowest BCUT2D eigenvalue weighted by molar-refractivity contribution is 0.0951. The van der Waals surface area contributed by atoms with Gasteiger partial charge in [0.15, 0.2) is 5.82 Å². The van der Waals surface area contributed by atoms with E-state index in [1.54, 1.807) is 34.8 Å². The molecule has 0 bridgehead atoms. The molecular formula is C25H19FN4O2S. The standard InChI is InChI=1S/C25H19FN4O2S/c26-18-8-6-7-17(15-18)23-28-25-30(29-23)19(16-33-25)13-14-27-24(31)21-11-4-5-12-22(21)32-20-9-2-1-3-10-20/h1-12,15-16H,13-14H2,(H,27,31). The molecule has 0 atom stereocenters. The molecule has 164 valence electrons. The van der Waals surface area contributed by atoms with E-state index in [-0.39, 0.29) is 11.7 Å². The van der Waals surface area contributed by atoms with Gasteiger partial charge in [-0.2, -0.15) is 4.98 Å². The zero-order valence-corrected chi connectivity index (χ0v) is 18.3. The number of benzene rings is 3. The summed E-state index contributed by atoms with van der Waals surface area (Å²) in [5.74, 6) is 1.09. The van der Waals surface area contributed by atoms with Crippen LogP contribution in [0.3, 0.4) is 0 Å². The number of aromatic nitrogens is 3. The Bertz CT molecular complexity index is 1410. The third-order valence-corrected chi connectivity index (χ3v) is 5.87. The lowest BCUT2D eigenvalue weighted by Crippen LogP contribution is -2.26. The minimum Gasteiger partial charge on any atom is -0.457 e. The van der Waals surface area contributed by atoms with Crippen LogP contribution in [0.1, 0.15) is 16.1 Å². The van der Waals surface area contributed by atoms with E-state index in [4.69, 9.17) is 4.74 Å². The Morgan fingerprint density at radius 3 is 2.70 bits per heavy atom. The minimum atomic E-state index is -0.329. The lowest BCUT2D eigenvalue weighted by atomic mass is 10.2. The van der Waals surface area contributed by atoms with E-state index in [2.05, 4.69) is 15.4 Å². The molecule has 0 spiro atoms. The number of rotatable bonds is 7. The molecule has 1 N–H and O–H groups in total. The van der Waals surface area contributed by atoms with Gasteiger partial charge in [0.1, 0.15) is 17.3 Å². The van der Waals surface area contributed by atoms with E-state index in [9.17, 15) is 9.18 Å². The maximum atomic E-state index is 13.5. The van der Waals surface area contributed by atoms with Gasteiger partial charge in [0.2, 0.25) is 4.96 Å². The second-order valence-electron chi connectivity index (χ2n) is 7.28. The van der Waals surface area contributed by atoms with Gasteiger partial charge < -0.3 is 10.1 Å². The van der Waals surface area contributed by atoms with Crippen LogP contribution in [-0.2, 0) is 6.42 Å². The molecule has 3 aromatic carbocycles. The maximum Gasteiger partial charge on any atom is 0.255 e. The fraction of sp³-hybridized carbons (Fsp3) is 0.0800. The van der Waals surface area contributed by atoms with Gasteiger partial charge in [0.25, 0.3) is 5.91 Å². The summed E-state index contributed by atoms with van der Waals surface area (Å²) in [5, 5.41) is 9.43. The first-order chi connectivity index (χ1) is 16.2. The largest absolute Gasteiger partial charge is 0.457 e. The van der Waals surface area contributed by atoms with Crippen LogP contribution in [0.15, 0.2) is 84.2 Å².